The van der Waals surface area contributed by atoms with E-state index in [9.17, 15) is 21.6 Å². The normalized spacial score (nSPS) is 12.1. The minimum atomic E-state index is -4.38. The lowest BCUT2D eigenvalue weighted by Gasteiger charge is -2.08. The van der Waals surface area contributed by atoms with Crippen LogP contribution in [0.3, 0.4) is 0 Å². The third-order valence-corrected chi connectivity index (χ3v) is 6.14. The number of benzene rings is 1. The number of carbonyl (C=O) groups is 1. The van der Waals surface area contributed by atoms with Gasteiger partial charge in [0.25, 0.3) is 10.1 Å². The van der Waals surface area contributed by atoms with Crippen molar-refractivity contribution in [1.29, 1.82) is 0 Å². The first-order valence-electron chi connectivity index (χ1n) is 6.69. The highest BCUT2D eigenvalue weighted by Gasteiger charge is 2.15. The van der Waals surface area contributed by atoms with Crippen molar-refractivity contribution in [3.63, 3.8) is 0 Å². The van der Waals surface area contributed by atoms with Gasteiger partial charge in [0, 0.05) is 18.0 Å². The molecule has 0 aliphatic heterocycles. The average Bonchev–Trinajstić information content (AvgIpc) is 2.39. The van der Waals surface area contributed by atoms with E-state index in [0.29, 0.717) is 5.56 Å². The van der Waals surface area contributed by atoms with Crippen LogP contribution >= 0.6 is 11.6 Å². The summed E-state index contributed by atoms with van der Waals surface area (Å²) >= 11 is 5.37. The summed E-state index contributed by atoms with van der Waals surface area (Å²) in [5.74, 6) is -0.712. The van der Waals surface area contributed by atoms with Crippen LogP contribution < -0.4 is 5.32 Å². The molecule has 23 heavy (non-hydrogen) atoms. The van der Waals surface area contributed by atoms with E-state index in [0.717, 1.165) is 6.07 Å². The van der Waals surface area contributed by atoms with E-state index in [1.54, 1.807) is 0 Å². The molecule has 0 unspecified atom stereocenters. The fourth-order valence-corrected chi connectivity index (χ4v) is 4.33. The molecule has 1 aromatic rings. The number of nitrogens with one attached hydrogen (secondary N) is 1. The van der Waals surface area contributed by atoms with Crippen molar-refractivity contribution in [3.8, 4) is 0 Å². The fourth-order valence-electron chi connectivity index (χ4n) is 1.85. The summed E-state index contributed by atoms with van der Waals surface area (Å²) < 4.78 is 54.4. The zero-order chi connectivity index (χ0) is 17.7. The molecule has 0 saturated carbocycles. The third-order valence-electron chi connectivity index (χ3n) is 3.00. The summed E-state index contributed by atoms with van der Waals surface area (Å²) in [5, 5.41) is 2.46. The van der Waals surface area contributed by atoms with Gasteiger partial charge in [0.15, 0.2) is 9.84 Å². The molecule has 1 aromatic carbocycles. The Morgan fingerprint density at radius 1 is 1.22 bits per heavy atom. The second kappa shape index (κ2) is 8.09. The first kappa shape index (κ1) is 19.9. The van der Waals surface area contributed by atoms with Crippen LogP contribution in [0.4, 0.5) is 5.69 Å². The SMILES string of the molecule is Cc1ccc(NC(=O)CCCS(=O)(=O)CCCl)cc1S(=O)(=O)O. The van der Waals surface area contributed by atoms with E-state index in [-0.39, 0.29) is 40.8 Å². The van der Waals surface area contributed by atoms with Crippen molar-refractivity contribution in [2.24, 2.45) is 0 Å². The lowest BCUT2D eigenvalue weighted by Crippen LogP contribution is -2.16. The molecule has 2 N–H and O–H groups in total. The number of anilines is 1. The number of amides is 1. The Morgan fingerprint density at radius 3 is 2.43 bits per heavy atom. The van der Waals surface area contributed by atoms with Crippen molar-refractivity contribution in [3.05, 3.63) is 23.8 Å². The number of aryl methyl sites for hydroxylation is 1. The number of rotatable bonds is 8. The predicted octanol–water partition coefficient (Wildman–Crippen LogP) is 1.61. The average molecular weight is 384 g/mol. The zero-order valence-electron chi connectivity index (χ0n) is 12.5. The van der Waals surface area contributed by atoms with Crippen LogP contribution in [-0.2, 0) is 24.7 Å². The van der Waals surface area contributed by atoms with Gasteiger partial charge in [-0.15, -0.1) is 11.6 Å². The van der Waals surface area contributed by atoms with E-state index in [4.69, 9.17) is 16.2 Å². The van der Waals surface area contributed by atoms with Gasteiger partial charge >= 0.3 is 0 Å². The molecule has 0 fully saturated rings. The Kier molecular flexibility index (Phi) is 7.00. The Bertz CT molecular complexity index is 774. The van der Waals surface area contributed by atoms with E-state index in [2.05, 4.69) is 5.32 Å². The smallest absolute Gasteiger partial charge is 0.294 e. The molecule has 1 rings (SSSR count). The van der Waals surface area contributed by atoms with Crippen LogP contribution in [0.15, 0.2) is 23.1 Å². The van der Waals surface area contributed by atoms with Gasteiger partial charge in [-0.2, -0.15) is 8.42 Å². The van der Waals surface area contributed by atoms with Gasteiger partial charge in [-0.05, 0) is 31.0 Å². The largest absolute Gasteiger partial charge is 0.326 e. The van der Waals surface area contributed by atoms with Crippen LogP contribution in [0.5, 0.6) is 0 Å². The Morgan fingerprint density at radius 2 is 1.87 bits per heavy atom. The number of halogens is 1. The summed E-state index contributed by atoms with van der Waals surface area (Å²) in [7, 11) is -7.63. The lowest BCUT2D eigenvalue weighted by atomic mass is 10.2. The number of carbonyl (C=O) groups excluding carboxylic acids is 1. The fraction of sp³-hybridized carbons (Fsp3) is 0.462. The minimum absolute atomic E-state index is 0.0102. The third kappa shape index (κ3) is 6.86. The Hall–Kier alpha value is -1.16. The molecule has 0 bridgehead atoms. The summed E-state index contributed by atoms with van der Waals surface area (Å²) in [6.07, 6.45) is 0.110. The molecule has 0 aliphatic carbocycles. The quantitative estimate of drug-likeness (QED) is 0.520. The zero-order valence-corrected chi connectivity index (χ0v) is 14.8. The van der Waals surface area contributed by atoms with Gasteiger partial charge < -0.3 is 5.32 Å². The molecule has 0 spiro atoms. The number of alkyl halides is 1. The van der Waals surface area contributed by atoms with Crippen molar-refractivity contribution >= 4 is 43.2 Å². The molecule has 7 nitrogen and oxygen atoms in total. The minimum Gasteiger partial charge on any atom is -0.326 e. The van der Waals surface area contributed by atoms with Gasteiger partial charge in [-0.1, -0.05) is 6.07 Å². The van der Waals surface area contributed by atoms with Gasteiger partial charge in [-0.25, -0.2) is 8.42 Å². The highest BCUT2D eigenvalue weighted by molar-refractivity contribution is 7.91. The molecule has 0 aromatic heterocycles. The van der Waals surface area contributed by atoms with Crippen LogP contribution in [-0.4, -0.2) is 44.7 Å². The van der Waals surface area contributed by atoms with Crippen LogP contribution in [0.1, 0.15) is 18.4 Å². The standard InChI is InChI=1S/C13H18ClNO6S2/c1-10-4-5-11(9-12(10)23(19,20)21)15-13(16)3-2-7-22(17,18)8-6-14/h4-5,9H,2-3,6-8H2,1H3,(H,15,16)(H,19,20,21). The van der Waals surface area contributed by atoms with Crippen molar-refractivity contribution in [2.75, 3.05) is 22.7 Å². The van der Waals surface area contributed by atoms with E-state index >= 15 is 0 Å². The number of hydrogen-bond acceptors (Lipinski definition) is 5. The summed E-state index contributed by atoms with van der Waals surface area (Å²) in [4.78, 5) is 11.5. The van der Waals surface area contributed by atoms with E-state index in [1.807, 2.05) is 0 Å². The molecule has 0 radical (unpaired) electrons. The first-order valence-corrected chi connectivity index (χ1v) is 10.5. The van der Waals surface area contributed by atoms with Gasteiger partial charge in [0.1, 0.15) is 0 Å². The first-order chi connectivity index (χ1) is 10.5. The highest BCUT2D eigenvalue weighted by atomic mass is 35.5. The van der Waals surface area contributed by atoms with Crippen molar-refractivity contribution in [2.45, 2.75) is 24.7 Å². The number of sulfone groups is 1. The molecular weight excluding hydrogens is 366 g/mol. The molecular formula is C13H18ClNO6S2. The van der Waals surface area contributed by atoms with Crippen molar-refractivity contribution < 1.29 is 26.2 Å². The number of hydrogen-bond donors (Lipinski definition) is 2. The van der Waals surface area contributed by atoms with Crippen LogP contribution in [0, 0.1) is 6.92 Å². The van der Waals surface area contributed by atoms with E-state index < -0.39 is 25.9 Å². The second-order valence-corrected chi connectivity index (χ2v) is 9.02. The van der Waals surface area contributed by atoms with Gasteiger partial charge in [-0.3, -0.25) is 9.35 Å². The molecule has 0 heterocycles. The monoisotopic (exact) mass is 383 g/mol. The maximum Gasteiger partial charge on any atom is 0.294 e. The van der Waals surface area contributed by atoms with Crippen molar-refractivity contribution in [1.82, 2.24) is 0 Å². The van der Waals surface area contributed by atoms with Gasteiger partial charge in [0.2, 0.25) is 5.91 Å². The predicted molar refractivity (Wildman–Crippen MR) is 88.2 cm³/mol. The second-order valence-electron chi connectivity index (χ2n) is 4.95. The lowest BCUT2D eigenvalue weighted by molar-refractivity contribution is -0.116. The molecule has 0 saturated heterocycles. The molecule has 10 heteroatoms. The summed E-state index contributed by atoms with van der Waals surface area (Å²) in [6, 6.07) is 4.09. The maximum atomic E-state index is 11.8. The summed E-state index contributed by atoms with van der Waals surface area (Å²) in [6.45, 7) is 1.51. The Balaban J connectivity index is 2.65. The van der Waals surface area contributed by atoms with Crippen LogP contribution in [0.2, 0.25) is 0 Å². The molecule has 0 atom stereocenters. The van der Waals surface area contributed by atoms with E-state index in [1.165, 1.54) is 19.1 Å². The van der Waals surface area contributed by atoms with Crippen LogP contribution in [0.25, 0.3) is 0 Å². The summed E-state index contributed by atoms with van der Waals surface area (Å²) in [5.41, 5.74) is 0.550. The molecule has 0 aliphatic rings. The Labute approximate surface area is 140 Å². The molecule has 130 valence electrons. The topological polar surface area (TPSA) is 118 Å². The molecule has 1 amide bonds. The highest BCUT2D eigenvalue weighted by Crippen LogP contribution is 2.20. The van der Waals surface area contributed by atoms with Gasteiger partial charge in [0.05, 0.1) is 16.4 Å². The maximum absolute atomic E-state index is 11.8.